The summed E-state index contributed by atoms with van der Waals surface area (Å²) in [6.45, 7) is 12.5. The number of halogens is 1. The van der Waals surface area contributed by atoms with Crippen molar-refractivity contribution in [2.24, 2.45) is 11.8 Å². The zero-order valence-corrected chi connectivity index (χ0v) is 31.9. The van der Waals surface area contributed by atoms with Crippen molar-refractivity contribution in [2.45, 2.75) is 112 Å². The predicted molar refractivity (Wildman–Crippen MR) is 198 cm³/mol. The van der Waals surface area contributed by atoms with E-state index in [1.54, 1.807) is 22.0 Å². The van der Waals surface area contributed by atoms with Crippen LogP contribution in [0.1, 0.15) is 83.3 Å². The molecule has 3 saturated heterocycles. The number of hydrogen-bond donors (Lipinski definition) is 2. The van der Waals surface area contributed by atoms with Crippen molar-refractivity contribution in [3.05, 3.63) is 61.2 Å². The van der Waals surface area contributed by atoms with Crippen LogP contribution in [0, 0.1) is 11.8 Å². The molecular formula is C39H56BrN3O8. The Morgan fingerprint density at radius 2 is 1.90 bits per heavy atom. The highest BCUT2D eigenvalue weighted by Gasteiger charge is 2.77. The van der Waals surface area contributed by atoms with E-state index in [1.807, 2.05) is 37.3 Å². The number of ether oxygens (including phenoxy) is 3. The van der Waals surface area contributed by atoms with Crippen LogP contribution >= 0.6 is 15.9 Å². The summed E-state index contributed by atoms with van der Waals surface area (Å²) in [6.07, 6.45) is 7.36. The Hall–Kier alpha value is -3.06. The molecule has 3 amide bonds. The van der Waals surface area contributed by atoms with Crippen LogP contribution in [0.3, 0.4) is 0 Å². The largest absolute Gasteiger partial charge is 0.455 e. The lowest BCUT2D eigenvalue weighted by Gasteiger charge is -2.39. The van der Waals surface area contributed by atoms with Crippen LogP contribution in [0.15, 0.2) is 55.6 Å². The summed E-state index contributed by atoms with van der Waals surface area (Å²) in [5, 5.41) is 12.3. The van der Waals surface area contributed by atoms with Crippen molar-refractivity contribution < 1.29 is 38.5 Å². The van der Waals surface area contributed by atoms with Crippen LogP contribution in [0.2, 0.25) is 0 Å². The number of esters is 1. The smallest absolute Gasteiger partial charge is 0.313 e. The van der Waals surface area contributed by atoms with Crippen LogP contribution in [-0.2, 0) is 33.4 Å². The molecule has 0 saturated carbocycles. The average molecular weight is 775 g/mol. The third-order valence-electron chi connectivity index (χ3n) is 10.5. The van der Waals surface area contributed by atoms with Gasteiger partial charge in [0.2, 0.25) is 17.7 Å². The van der Waals surface area contributed by atoms with E-state index in [-0.39, 0.29) is 48.2 Å². The third-order valence-corrected chi connectivity index (χ3v) is 11.3. The quantitative estimate of drug-likeness (QED) is 0.0738. The van der Waals surface area contributed by atoms with Gasteiger partial charge in [0.15, 0.2) is 0 Å². The molecule has 2 unspecified atom stereocenters. The molecule has 3 aliphatic heterocycles. The minimum atomic E-state index is -1.24. The summed E-state index contributed by atoms with van der Waals surface area (Å²) in [5.41, 5.74) is -0.577. The highest BCUT2D eigenvalue weighted by Crippen LogP contribution is 2.60. The average Bonchev–Trinajstić information content (AvgIpc) is 3.71. The number of nitrogens with zero attached hydrogens (tertiary/aromatic N) is 2. The summed E-state index contributed by atoms with van der Waals surface area (Å²) >= 11 is 3.76. The Morgan fingerprint density at radius 1 is 1.18 bits per heavy atom. The second kappa shape index (κ2) is 19.1. The van der Waals surface area contributed by atoms with Gasteiger partial charge in [-0.1, -0.05) is 84.6 Å². The van der Waals surface area contributed by atoms with Crippen molar-refractivity contribution in [1.29, 1.82) is 0 Å². The Labute approximate surface area is 311 Å². The number of allylic oxidation sites excluding steroid dienone is 1. The van der Waals surface area contributed by atoms with E-state index < -0.39 is 47.7 Å². The molecule has 2 N–H and O–H groups in total. The second-order valence-corrected chi connectivity index (χ2v) is 15.2. The molecular weight excluding hydrogens is 718 g/mol. The molecule has 0 aliphatic carbocycles. The van der Waals surface area contributed by atoms with Crippen LogP contribution in [-0.4, -0.2) is 107 Å². The normalized spacial score (nSPS) is 26.6. The van der Waals surface area contributed by atoms with Gasteiger partial charge >= 0.3 is 5.97 Å². The van der Waals surface area contributed by atoms with Gasteiger partial charge in [-0.3, -0.25) is 19.2 Å². The van der Waals surface area contributed by atoms with Gasteiger partial charge in [0, 0.05) is 44.1 Å². The van der Waals surface area contributed by atoms with Crippen LogP contribution in [0.4, 0.5) is 0 Å². The SMILES string of the molecule is C=CCCC(=O)N[C@@H](COC)[C@@H](OC(=O)[C@@H]1[C@H]2O[C@@]3(CC2Br)[C@H](C(=O)N(CC=C)C(C)CCC)N(CCCCCCO)C(=O)[C@@H]13)c1ccccc1. The van der Waals surface area contributed by atoms with Gasteiger partial charge in [0.25, 0.3) is 0 Å². The van der Waals surface area contributed by atoms with E-state index >= 15 is 0 Å². The Bertz CT molecular complexity index is 1360. The monoisotopic (exact) mass is 773 g/mol. The fourth-order valence-electron chi connectivity index (χ4n) is 8.15. The number of rotatable bonds is 22. The van der Waals surface area contributed by atoms with Crippen LogP contribution < -0.4 is 5.32 Å². The molecule has 4 rings (SSSR count). The zero-order chi connectivity index (χ0) is 37.1. The molecule has 1 aromatic carbocycles. The predicted octanol–water partition coefficient (Wildman–Crippen LogP) is 4.87. The van der Waals surface area contributed by atoms with Gasteiger partial charge in [-0.05, 0) is 44.6 Å². The number of nitrogens with one attached hydrogen (secondary N) is 1. The molecule has 1 aromatic rings. The lowest BCUT2D eigenvalue weighted by molar-refractivity contribution is -0.163. The van der Waals surface area contributed by atoms with E-state index in [0.717, 1.165) is 25.7 Å². The lowest BCUT2D eigenvalue weighted by Crippen LogP contribution is -2.58. The highest BCUT2D eigenvalue weighted by molar-refractivity contribution is 9.09. The lowest BCUT2D eigenvalue weighted by atomic mass is 9.70. The Morgan fingerprint density at radius 3 is 2.55 bits per heavy atom. The van der Waals surface area contributed by atoms with Crippen molar-refractivity contribution in [2.75, 3.05) is 33.4 Å². The molecule has 9 atom stereocenters. The van der Waals surface area contributed by atoms with Gasteiger partial charge in [-0.15, -0.1) is 13.2 Å². The molecule has 3 heterocycles. The number of alkyl halides is 1. The summed E-state index contributed by atoms with van der Waals surface area (Å²) in [7, 11) is 1.51. The number of methoxy groups -OCH3 is 1. The van der Waals surface area contributed by atoms with Gasteiger partial charge < -0.3 is 34.4 Å². The molecule has 1 spiro atoms. The third kappa shape index (κ3) is 8.95. The first kappa shape index (κ1) is 40.7. The first-order valence-corrected chi connectivity index (χ1v) is 19.3. The number of likely N-dealkylation sites (tertiary alicyclic amines) is 1. The number of carbonyl (C=O) groups is 4. The first-order chi connectivity index (χ1) is 24.6. The van der Waals surface area contributed by atoms with Gasteiger partial charge in [-0.2, -0.15) is 0 Å². The maximum atomic E-state index is 14.7. The number of unbranched alkanes of at least 4 members (excludes halogenated alkanes) is 3. The van der Waals surface area contributed by atoms with E-state index in [1.165, 1.54) is 7.11 Å². The number of hydrogen-bond acceptors (Lipinski definition) is 8. The number of aliphatic hydroxyl groups excluding tert-OH is 1. The fraction of sp³-hybridized carbons (Fsp3) is 0.641. The summed E-state index contributed by atoms with van der Waals surface area (Å²) in [5.74, 6) is -3.28. The Balaban J connectivity index is 1.71. The number of aliphatic hydroxyl groups is 1. The number of fused-ring (bicyclic) bond motifs is 1. The molecule has 12 heteroatoms. The van der Waals surface area contributed by atoms with Crippen LogP contribution in [0.25, 0.3) is 0 Å². The van der Waals surface area contributed by atoms with E-state index in [2.05, 4.69) is 41.3 Å². The molecule has 0 aromatic heterocycles. The first-order valence-electron chi connectivity index (χ1n) is 18.4. The molecule has 0 radical (unpaired) electrons. The summed E-state index contributed by atoms with van der Waals surface area (Å²) in [6, 6.07) is 7.41. The standard InChI is InChI=1S/C39H56BrN3O8/c1-6-9-20-30(45)41-29(25-49-5)33(27-18-13-12-14-19-27)50-38(48)31-32-36(46)43(22-15-10-11-16-23-44)35(39(32)24-28(40)34(31)51-39)37(47)42(21-8-3)26(4)17-7-2/h6,8,12-14,18-19,26,28-29,31-35,44H,1,3,7,9-11,15-17,20-25H2,2,4-5H3,(H,41,45)/t26?,28?,29-,31-,32+,33-,34-,35-,39+/m0/s1. The van der Waals surface area contributed by atoms with Gasteiger partial charge in [0.1, 0.15) is 17.7 Å². The highest BCUT2D eigenvalue weighted by atomic mass is 79.9. The maximum Gasteiger partial charge on any atom is 0.313 e. The topological polar surface area (TPSA) is 135 Å². The number of amides is 3. The fourth-order valence-corrected chi connectivity index (χ4v) is 9.09. The van der Waals surface area contributed by atoms with E-state index in [9.17, 15) is 24.3 Å². The van der Waals surface area contributed by atoms with Crippen molar-refractivity contribution >= 4 is 39.6 Å². The minimum absolute atomic E-state index is 0.0698. The van der Waals surface area contributed by atoms with Crippen molar-refractivity contribution in [3.8, 4) is 0 Å². The molecule has 2 bridgehead atoms. The van der Waals surface area contributed by atoms with Crippen molar-refractivity contribution in [3.63, 3.8) is 0 Å². The van der Waals surface area contributed by atoms with E-state index in [0.29, 0.717) is 44.3 Å². The molecule has 3 aliphatic rings. The molecule has 11 nitrogen and oxygen atoms in total. The second-order valence-electron chi connectivity index (χ2n) is 14.0. The molecule has 282 valence electrons. The van der Waals surface area contributed by atoms with Gasteiger partial charge in [0.05, 0.1) is 30.6 Å². The Kier molecular flexibility index (Phi) is 15.3. The summed E-state index contributed by atoms with van der Waals surface area (Å²) in [4.78, 5) is 60.0. The van der Waals surface area contributed by atoms with Crippen molar-refractivity contribution in [1.82, 2.24) is 15.1 Å². The zero-order valence-electron chi connectivity index (χ0n) is 30.3. The minimum Gasteiger partial charge on any atom is -0.455 e. The van der Waals surface area contributed by atoms with E-state index in [4.69, 9.17) is 14.2 Å². The molecule has 3 fully saturated rings. The van der Waals surface area contributed by atoms with Gasteiger partial charge in [-0.25, -0.2) is 0 Å². The summed E-state index contributed by atoms with van der Waals surface area (Å²) < 4.78 is 18.6. The maximum absolute atomic E-state index is 14.7. The van der Waals surface area contributed by atoms with Crippen LogP contribution in [0.5, 0.6) is 0 Å². The number of benzene rings is 1. The molecule has 51 heavy (non-hydrogen) atoms. The number of carbonyl (C=O) groups excluding carboxylic acids is 4.